The number of esters is 1. The van der Waals surface area contributed by atoms with E-state index in [0.717, 1.165) is 16.7 Å². The van der Waals surface area contributed by atoms with Crippen molar-refractivity contribution in [1.29, 1.82) is 0 Å². The molecule has 0 spiro atoms. The van der Waals surface area contributed by atoms with Crippen LogP contribution in [0.4, 0.5) is 0 Å². The van der Waals surface area contributed by atoms with Gasteiger partial charge in [-0.05, 0) is 69.0 Å². The van der Waals surface area contributed by atoms with E-state index in [4.69, 9.17) is 32.7 Å². The second-order valence-electron chi connectivity index (χ2n) is 8.54. The monoisotopic (exact) mass is 460 g/mol. The van der Waals surface area contributed by atoms with E-state index in [9.17, 15) is 9.59 Å². The van der Waals surface area contributed by atoms with E-state index in [1.54, 1.807) is 39.8 Å². The normalized spacial score (nSPS) is 17.6. The lowest BCUT2D eigenvalue weighted by molar-refractivity contribution is -0.159. The van der Waals surface area contributed by atoms with Crippen molar-refractivity contribution in [3.8, 4) is 11.1 Å². The summed E-state index contributed by atoms with van der Waals surface area (Å²) in [7, 11) is 1.30. The number of halogens is 2. The number of ketones is 1. The molecule has 164 valence electrons. The highest BCUT2D eigenvalue weighted by Gasteiger charge is 2.49. The third-order valence-corrected chi connectivity index (χ3v) is 6.08. The number of ether oxygens (including phenoxy) is 2. The fourth-order valence-electron chi connectivity index (χ4n) is 4.17. The fraction of sp³-hybridized carbons (Fsp3) is 0.360. The van der Waals surface area contributed by atoms with Crippen LogP contribution in [0.25, 0.3) is 16.7 Å². The number of carbonyl (C=O) groups is 2. The molecule has 0 amide bonds. The highest BCUT2D eigenvalue weighted by Crippen LogP contribution is 2.43. The second kappa shape index (κ2) is 8.42. The summed E-state index contributed by atoms with van der Waals surface area (Å²) in [6, 6.07) is 11.1. The third kappa shape index (κ3) is 4.30. The third-order valence-electron chi connectivity index (χ3n) is 5.53. The van der Waals surface area contributed by atoms with E-state index in [0.29, 0.717) is 27.6 Å². The first-order valence-electron chi connectivity index (χ1n) is 10.1. The molecular weight excluding hydrogens is 435 g/mol. The van der Waals surface area contributed by atoms with Gasteiger partial charge in [-0.3, -0.25) is 4.79 Å². The number of hydrogen-bond acceptors (Lipinski definition) is 4. The molecule has 31 heavy (non-hydrogen) atoms. The molecule has 0 saturated carbocycles. The van der Waals surface area contributed by atoms with Gasteiger partial charge in [-0.1, -0.05) is 48.3 Å². The predicted octanol–water partition coefficient (Wildman–Crippen LogP) is 6.31. The molecule has 1 aliphatic heterocycles. The van der Waals surface area contributed by atoms with Gasteiger partial charge in [-0.2, -0.15) is 0 Å². The molecule has 0 aliphatic carbocycles. The van der Waals surface area contributed by atoms with Crippen LogP contribution in [-0.4, -0.2) is 30.1 Å². The Bertz CT molecular complexity index is 1100. The van der Waals surface area contributed by atoms with Crippen molar-refractivity contribution in [2.45, 2.75) is 52.2 Å². The van der Waals surface area contributed by atoms with Crippen LogP contribution in [0.2, 0.25) is 10.0 Å². The van der Waals surface area contributed by atoms with Crippen molar-refractivity contribution in [2.24, 2.45) is 0 Å². The topological polar surface area (TPSA) is 52.6 Å². The highest BCUT2D eigenvalue weighted by atomic mass is 35.5. The van der Waals surface area contributed by atoms with Gasteiger partial charge in [0, 0.05) is 21.2 Å². The Balaban J connectivity index is 2.37. The van der Waals surface area contributed by atoms with Crippen molar-refractivity contribution in [3.63, 3.8) is 0 Å². The molecule has 0 fully saturated rings. The minimum atomic E-state index is -1.10. The lowest BCUT2D eigenvalue weighted by Gasteiger charge is -2.42. The van der Waals surface area contributed by atoms with E-state index in [2.05, 4.69) is 0 Å². The zero-order chi connectivity index (χ0) is 23.1. The summed E-state index contributed by atoms with van der Waals surface area (Å²) in [5, 5.41) is 1.04. The van der Waals surface area contributed by atoms with Gasteiger partial charge < -0.3 is 9.47 Å². The van der Waals surface area contributed by atoms with Gasteiger partial charge >= 0.3 is 5.97 Å². The summed E-state index contributed by atoms with van der Waals surface area (Å²) < 4.78 is 11.1. The first kappa shape index (κ1) is 23.5. The Morgan fingerprint density at radius 2 is 1.68 bits per heavy atom. The van der Waals surface area contributed by atoms with Crippen LogP contribution in [0.1, 0.15) is 45.7 Å². The average Bonchev–Trinajstić information content (AvgIpc) is 2.68. The number of methoxy groups -OCH3 is 1. The molecule has 1 aliphatic rings. The minimum Gasteiger partial charge on any atom is -0.466 e. The van der Waals surface area contributed by atoms with Crippen LogP contribution in [0.15, 0.2) is 42.0 Å². The Kier molecular flexibility index (Phi) is 6.39. The van der Waals surface area contributed by atoms with Crippen molar-refractivity contribution >= 4 is 40.5 Å². The van der Waals surface area contributed by atoms with Gasteiger partial charge in [0.05, 0.1) is 18.3 Å². The molecule has 0 N–H and O–H groups in total. The molecule has 3 rings (SSSR count). The Hall–Kier alpha value is -2.14. The van der Waals surface area contributed by atoms with Gasteiger partial charge in [0.2, 0.25) is 0 Å². The first-order chi connectivity index (χ1) is 14.4. The number of aryl methyl sites for hydroxylation is 1. The average molecular weight is 461 g/mol. The van der Waals surface area contributed by atoms with Crippen LogP contribution in [0.3, 0.4) is 0 Å². The fourth-order valence-corrected chi connectivity index (χ4v) is 4.68. The molecule has 2 aromatic rings. The predicted molar refractivity (Wildman–Crippen MR) is 124 cm³/mol. The van der Waals surface area contributed by atoms with E-state index >= 15 is 0 Å². The maximum atomic E-state index is 13.6. The summed E-state index contributed by atoms with van der Waals surface area (Å²) >= 11 is 12.5. The van der Waals surface area contributed by atoms with Crippen LogP contribution >= 0.6 is 23.2 Å². The maximum Gasteiger partial charge on any atom is 0.337 e. The van der Waals surface area contributed by atoms with E-state index < -0.39 is 17.2 Å². The summed E-state index contributed by atoms with van der Waals surface area (Å²) in [4.78, 5) is 26.4. The van der Waals surface area contributed by atoms with E-state index in [1.165, 1.54) is 7.11 Å². The molecule has 6 heteroatoms. The van der Waals surface area contributed by atoms with Crippen molar-refractivity contribution in [2.75, 3.05) is 7.11 Å². The Morgan fingerprint density at radius 1 is 1.00 bits per heavy atom. The number of carbonyl (C=O) groups excluding carboxylic acids is 2. The van der Waals surface area contributed by atoms with Gasteiger partial charge in [-0.25, -0.2) is 4.79 Å². The first-order valence-corrected chi connectivity index (χ1v) is 10.8. The lowest BCUT2D eigenvalue weighted by atomic mass is 9.77. The van der Waals surface area contributed by atoms with Gasteiger partial charge in [-0.15, -0.1) is 0 Å². The maximum absolute atomic E-state index is 13.6. The second-order valence-corrected chi connectivity index (χ2v) is 9.39. The lowest BCUT2D eigenvalue weighted by Crippen LogP contribution is -2.51. The van der Waals surface area contributed by atoms with Crippen LogP contribution in [0, 0.1) is 0 Å². The molecule has 0 bridgehead atoms. The molecule has 0 atom stereocenters. The molecular formula is C25H26Cl2O4. The Morgan fingerprint density at radius 3 is 2.26 bits per heavy atom. The zero-order valence-corrected chi connectivity index (χ0v) is 20.1. The smallest absolute Gasteiger partial charge is 0.337 e. The molecule has 0 saturated heterocycles. The van der Waals surface area contributed by atoms with E-state index in [1.807, 2.05) is 31.2 Å². The van der Waals surface area contributed by atoms with Crippen LogP contribution in [-0.2, 0) is 25.5 Å². The van der Waals surface area contributed by atoms with E-state index in [-0.39, 0.29) is 11.4 Å². The summed E-state index contributed by atoms with van der Waals surface area (Å²) in [5.74, 6) is -0.845. The molecule has 4 nitrogen and oxygen atoms in total. The summed E-state index contributed by atoms with van der Waals surface area (Å²) in [5.41, 5.74) is 1.65. The van der Waals surface area contributed by atoms with Crippen molar-refractivity contribution < 1.29 is 19.1 Å². The number of rotatable bonds is 4. The number of Topliss-reactive ketones (excluding diaryl/α,β-unsaturated/α-hetero) is 1. The van der Waals surface area contributed by atoms with Crippen LogP contribution in [0.5, 0.6) is 0 Å². The largest absolute Gasteiger partial charge is 0.466 e. The van der Waals surface area contributed by atoms with Crippen molar-refractivity contribution in [1.82, 2.24) is 0 Å². The summed E-state index contributed by atoms with van der Waals surface area (Å²) in [6.45, 7) is 9.00. The molecule has 2 aromatic carbocycles. The van der Waals surface area contributed by atoms with Gasteiger partial charge in [0.1, 0.15) is 5.60 Å². The number of benzene rings is 2. The van der Waals surface area contributed by atoms with Gasteiger partial charge in [0.15, 0.2) is 5.78 Å². The molecule has 1 heterocycles. The number of hydrogen-bond donors (Lipinski definition) is 0. The standard InChI is InChI=1S/C25H26Cl2O4/c1-7-14-8-9-15(17-11-10-16(26)13-19(17)27)12-18(14)20-21(23(29)30-6)24(2,3)31-25(4,5)22(20)28/h8-13H,7H2,1-6H3. The SMILES string of the molecule is CCc1ccc(-c2ccc(Cl)cc2Cl)cc1C1=C(C(=O)OC)C(C)(C)OC(C)(C)C1=O. The molecule has 0 radical (unpaired) electrons. The van der Waals surface area contributed by atoms with Crippen molar-refractivity contribution in [3.05, 3.63) is 63.1 Å². The molecule has 0 aromatic heterocycles. The zero-order valence-electron chi connectivity index (χ0n) is 18.6. The quantitative estimate of drug-likeness (QED) is 0.501. The minimum absolute atomic E-state index is 0.216. The van der Waals surface area contributed by atoms with Crippen LogP contribution < -0.4 is 0 Å². The Labute approximate surface area is 193 Å². The highest BCUT2D eigenvalue weighted by molar-refractivity contribution is 6.36. The summed E-state index contributed by atoms with van der Waals surface area (Å²) in [6.07, 6.45) is 0.677. The van der Waals surface area contributed by atoms with Gasteiger partial charge in [0.25, 0.3) is 0 Å². The molecule has 0 unspecified atom stereocenters.